The summed E-state index contributed by atoms with van der Waals surface area (Å²) in [6.45, 7) is 4.65. The average molecular weight is 258 g/mol. The van der Waals surface area contributed by atoms with Gasteiger partial charge in [-0.25, -0.2) is 9.97 Å². The first-order valence-corrected chi connectivity index (χ1v) is 6.59. The standard InChI is InChI=1S/C13H14N4S/c1-9-5-11(7-14)6-12(16-9)15-4-3-13-17-10(2)8-18-13/h5-6,8H,3-4H2,1-2H3,(H,15,16). The van der Waals surface area contributed by atoms with Crippen molar-refractivity contribution in [3.05, 3.63) is 39.5 Å². The van der Waals surface area contributed by atoms with Crippen LogP contribution in [0.15, 0.2) is 17.5 Å². The Balaban J connectivity index is 1.94. The van der Waals surface area contributed by atoms with Gasteiger partial charge in [0.15, 0.2) is 0 Å². The summed E-state index contributed by atoms with van der Waals surface area (Å²) in [6, 6.07) is 5.67. The number of aromatic nitrogens is 2. The minimum Gasteiger partial charge on any atom is -0.370 e. The molecule has 2 aromatic heterocycles. The second-order valence-corrected chi connectivity index (χ2v) is 5.00. The third-order valence-corrected chi connectivity index (χ3v) is 3.42. The van der Waals surface area contributed by atoms with E-state index in [4.69, 9.17) is 5.26 Å². The van der Waals surface area contributed by atoms with Crippen LogP contribution in [0, 0.1) is 25.2 Å². The Morgan fingerprint density at radius 3 is 2.78 bits per heavy atom. The highest BCUT2D eigenvalue weighted by Gasteiger charge is 2.01. The first-order chi connectivity index (χ1) is 8.67. The van der Waals surface area contributed by atoms with Gasteiger partial charge < -0.3 is 5.32 Å². The lowest BCUT2D eigenvalue weighted by atomic mass is 10.2. The van der Waals surface area contributed by atoms with Crippen LogP contribution in [0.3, 0.4) is 0 Å². The van der Waals surface area contributed by atoms with E-state index in [0.29, 0.717) is 5.56 Å². The van der Waals surface area contributed by atoms with Crippen molar-refractivity contribution in [2.24, 2.45) is 0 Å². The molecule has 0 fully saturated rings. The van der Waals surface area contributed by atoms with Gasteiger partial charge in [-0.1, -0.05) is 0 Å². The van der Waals surface area contributed by atoms with E-state index in [0.717, 1.165) is 35.2 Å². The molecule has 2 aromatic rings. The SMILES string of the molecule is Cc1cc(C#N)cc(NCCc2nc(C)cs2)n1. The highest BCUT2D eigenvalue weighted by Crippen LogP contribution is 2.11. The molecule has 0 amide bonds. The Labute approximate surface area is 110 Å². The number of thiazole rings is 1. The molecular weight excluding hydrogens is 244 g/mol. The topological polar surface area (TPSA) is 61.6 Å². The fourth-order valence-corrected chi connectivity index (χ4v) is 2.41. The van der Waals surface area contributed by atoms with Crippen molar-refractivity contribution in [2.45, 2.75) is 20.3 Å². The summed E-state index contributed by atoms with van der Waals surface area (Å²) < 4.78 is 0. The van der Waals surface area contributed by atoms with Gasteiger partial charge >= 0.3 is 0 Å². The summed E-state index contributed by atoms with van der Waals surface area (Å²) >= 11 is 1.67. The van der Waals surface area contributed by atoms with E-state index in [1.54, 1.807) is 23.5 Å². The molecule has 4 nitrogen and oxygen atoms in total. The molecule has 0 aliphatic carbocycles. The molecule has 0 saturated carbocycles. The van der Waals surface area contributed by atoms with E-state index in [1.165, 1.54) is 0 Å². The number of hydrogen-bond donors (Lipinski definition) is 1. The number of nitrogens with one attached hydrogen (secondary N) is 1. The molecule has 0 atom stereocenters. The summed E-state index contributed by atoms with van der Waals surface area (Å²) in [7, 11) is 0. The molecular formula is C13H14N4S. The maximum Gasteiger partial charge on any atom is 0.127 e. The van der Waals surface area contributed by atoms with E-state index in [9.17, 15) is 0 Å². The van der Waals surface area contributed by atoms with Crippen LogP contribution >= 0.6 is 11.3 Å². The Hall–Kier alpha value is -1.93. The fourth-order valence-electron chi connectivity index (χ4n) is 1.64. The Bertz CT molecular complexity index is 583. The van der Waals surface area contributed by atoms with Crippen molar-refractivity contribution in [1.82, 2.24) is 9.97 Å². The van der Waals surface area contributed by atoms with E-state index < -0.39 is 0 Å². The van der Waals surface area contributed by atoms with Gasteiger partial charge in [-0.2, -0.15) is 5.26 Å². The lowest BCUT2D eigenvalue weighted by molar-refractivity contribution is 0.974. The van der Waals surface area contributed by atoms with Crippen LogP contribution in [0.25, 0.3) is 0 Å². The summed E-state index contributed by atoms with van der Waals surface area (Å²) in [5.41, 5.74) is 2.55. The van der Waals surface area contributed by atoms with E-state index in [1.807, 2.05) is 19.2 Å². The van der Waals surface area contributed by atoms with Crippen molar-refractivity contribution >= 4 is 17.2 Å². The van der Waals surface area contributed by atoms with E-state index in [-0.39, 0.29) is 0 Å². The molecule has 5 heteroatoms. The molecule has 0 aromatic carbocycles. The molecule has 2 rings (SSSR count). The van der Waals surface area contributed by atoms with Crippen LogP contribution in [0.1, 0.15) is 22.0 Å². The Kier molecular flexibility index (Phi) is 3.90. The van der Waals surface area contributed by atoms with Crippen LogP contribution in [-0.4, -0.2) is 16.5 Å². The minimum atomic E-state index is 0.634. The predicted molar refractivity (Wildman–Crippen MR) is 72.7 cm³/mol. The van der Waals surface area contributed by atoms with Crippen LogP contribution in [-0.2, 0) is 6.42 Å². The van der Waals surface area contributed by atoms with Gasteiger partial charge in [0.1, 0.15) is 5.82 Å². The summed E-state index contributed by atoms with van der Waals surface area (Å²) in [5, 5.41) is 15.3. The first-order valence-electron chi connectivity index (χ1n) is 5.71. The molecule has 0 unspecified atom stereocenters. The fraction of sp³-hybridized carbons (Fsp3) is 0.308. The van der Waals surface area contributed by atoms with Crippen LogP contribution in [0.5, 0.6) is 0 Å². The third-order valence-electron chi connectivity index (χ3n) is 2.39. The third kappa shape index (κ3) is 3.28. The van der Waals surface area contributed by atoms with Gasteiger partial charge in [0.05, 0.1) is 16.6 Å². The molecule has 0 spiro atoms. The van der Waals surface area contributed by atoms with Crippen molar-refractivity contribution < 1.29 is 0 Å². The molecule has 1 N–H and O–H groups in total. The van der Waals surface area contributed by atoms with Gasteiger partial charge in [-0.3, -0.25) is 0 Å². The lowest BCUT2D eigenvalue weighted by Gasteiger charge is -2.05. The monoisotopic (exact) mass is 258 g/mol. The molecule has 18 heavy (non-hydrogen) atoms. The van der Waals surface area contributed by atoms with Crippen LogP contribution in [0.2, 0.25) is 0 Å². The maximum atomic E-state index is 8.88. The average Bonchev–Trinajstić information content (AvgIpc) is 2.74. The normalized spacial score (nSPS) is 10.1. The smallest absolute Gasteiger partial charge is 0.127 e. The van der Waals surface area contributed by atoms with E-state index in [2.05, 4.69) is 21.4 Å². The largest absolute Gasteiger partial charge is 0.370 e. The van der Waals surface area contributed by atoms with Gasteiger partial charge in [-0.15, -0.1) is 11.3 Å². The number of pyridine rings is 1. The zero-order valence-electron chi connectivity index (χ0n) is 10.4. The number of aryl methyl sites for hydroxylation is 2. The Morgan fingerprint density at radius 1 is 1.28 bits per heavy atom. The number of hydrogen-bond acceptors (Lipinski definition) is 5. The number of rotatable bonds is 4. The van der Waals surface area contributed by atoms with Gasteiger partial charge in [0, 0.05) is 29.7 Å². The quantitative estimate of drug-likeness (QED) is 0.916. The van der Waals surface area contributed by atoms with Gasteiger partial charge in [0.2, 0.25) is 0 Å². The van der Waals surface area contributed by atoms with Crippen molar-refractivity contribution in [3.63, 3.8) is 0 Å². The first kappa shape index (κ1) is 12.5. The molecule has 0 bridgehead atoms. The van der Waals surface area contributed by atoms with Gasteiger partial charge in [0.25, 0.3) is 0 Å². The molecule has 92 valence electrons. The minimum absolute atomic E-state index is 0.634. The van der Waals surface area contributed by atoms with Crippen molar-refractivity contribution in [3.8, 4) is 6.07 Å². The van der Waals surface area contributed by atoms with Crippen LogP contribution in [0.4, 0.5) is 5.82 Å². The maximum absolute atomic E-state index is 8.88. The number of anilines is 1. The highest BCUT2D eigenvalue weighted by atomic mass is 32.1. The molecule has 0 aliphatic rings. The zero-order valence-corrected chi connectivity index (χ0v) is 11.2. The number of nitriles is 1. The summed E-state index contributed by atoms with van der Waals surface area (Å²) in [4.78, 5) is 8.74. The Morgan fingerprint density at radius 2 is 2.11 bits per heavy atom. The second kappa shape index (κ2) is 5.61. The van der Waals surface area contributed by atoms with Crippen molar-refractivity contribution in [1.29, 1.82) is 5.26 Å². The molecule has 0 radical (unpaired) electrons. The predicted octanol–water partition coefficient (Wildman–Crippen LogP) is 2.68. The molecule has 0 saturated heterocycles. The number of nitrogens with zero attached hydrogens (tertiary/aromatic N) is 3. The van der Waals surface area contributed by atoms with E-state index >= 15 is 0 Å². The molecule has 0 aliphatic heterocycles. The second-order valence-electron chi connectivity index (χ2n) is 4.05. The van der Waals surface area contributed by atoms with Crippen LogP contribution < -0.4 is 5.32 Å². The highest BCUT2D eigenvalue weighted by molar-refractivity contribution is 7.09. The summed E-state index contributed by atoms with van der Waals surface area (Å²) in [5.74, 6) is 0.750. The van der Waals surface area contributed by atoms with Gasteiger partial charge in [-0.05, 0) is 26.0 Å². The lowest BCUT2D eigenvalue weighted by Crippen LogP contribution is -2.07. The zero-order chi connectivity index (χ0) is 13.0. The van der Waals surface area contributed by atoms with Crippen molar-refractivity contribution in [2.75, 3.05) is 11.9 Å². The summed E-state index contributed by atoms with van der Waals surface area (Å²) in [6.07, 6.45) is 0.871. The molecule has 2 heterocycles.